The highest BCUT2D eigenvalue weighted by molar-refractivity contribution is 7.89. The number of benzene rings is 2. The van der Waals surface area contributed by atoms with Gasteiger partial charge in [0.15, 0.2) is 0 Å². The maximum absolute atomic E-state index is 14.4. The molecule has 1 saturated heterocycles. The summed E-state index contributed by atoms with van der Waals surface area (Å²) in [5.41, 5.74) is 1.10. The second kappa shape index (κ2) is 9.71. The van der Waals surface area contributed by atoms with Gasteiger partial charge in [-0.3, -0.25) is 4.79 Å². The molecule has 1 fully saturated rings. The Kier molecular flexibility index (Phi) is 7.26. The molecule has 0 bridgehead atoms. The van der Waals surface area contributed by atoms with Gasteiger partial charge in [-0.2, -0.15) is 4.31 Å². The van der Waals surface area contributed by atoms with E-state index in [0.717, 1.165) is 25.3 Å². The molecule has 0 spiro atoms. The number of amides is 1. The van der Waals surface area contributed by atoms with Gasteiger partial charge in [-0.25, -0.2) is 12.8 Å². The zero-order valence-electron chi connectivity index (χ0n) is 17.6. The summed E-state index contributed by atoms with van der Waals surface area (Å²) >= 11 is 0. The first-order valence-electron chi connectivity index (χ1n) is 10.5. The van der Waals surface area contributed by atoms with Crippen molar-refractivity contribution < 1.29 is 17.6 Å². The Morgan fingerprint density at radius 2 is 1.70 bits per heavy atom. The summed E-state index contributed by atoms with van der Waals surface area (Å²) < 4.78 is 41.2. The van der Waals surface area contributed by atoms with Crippen molar-refractivity contribution in [2.45, 2.75) is 38.0 Å². The number of piperidine rings is 1. The Bertz CT molecular complexity index is 967. The fourth-order valence-corrected chi connectivity index (χ4v) is 5.48. The topological polar surface area (TPSA) is 57.7 Å². The lowest BCUT2D eigenvalue weighted by Gasteiger charge is -2.32. The lowest BCUT2D eigenvalue weighted by Crippen LogP contribution is -2.39. The lowest BCUT2D eigenvalue weighted by molar-refractivity contribution is 0.0685. The van der Waals surface area contributed by atoms with Crippen LogP contribution in [0, 0.1) is 11.7 Å². The minimum Gasteiger partial charge on any atom is -0.339 e. The molecule has 1 amide bonds. The van der Waals surface area contributed by atoms with E-state index in [2.05, 4.69) is 12.1 Å². The monoisotopic (exact) mass is 432 g/mol. The van der Waals surface area contributed by atoms with E-state index >= 15 is 0 Å². The zero-order chi connectivity index (χ0) is 21.7. The zero-order valence-corrected chi connectivity index (χ0v) is 18.4. The van der Waals surface area contributed by atoms with Crippen molar-refractivity contribution in [2.24, 2.45) is 5.92 Å². The lowest BCUT2D eigenvalue weighted by atomic mass is 9.90. The van der Waals surface area contributed by atoms with E-state index in [1.165, 1.54) is 22.0 Å². The highest BCUT2D eigenvalue weighted by atomic mass is 32.2. The molecule has 7 heteroatoms. The Morgan fingerprint density at radius 3 is 2.30 bits per heavy atom. The maximum atomic E-state index is 14.4. The molecule has 0 aliphatic carbocycles. The first-order chi connectivity index (χ1) is 14.4. The molecule has 2 aromatic rings. The summed E-state index contributed by atoms with van der Waals surface area (Å²) in [6.07, 6.45) is 2.66. The van der Waals surface area contributed by atoms with E-state index in [0.29, 0.717) is 32.1 Å². The number of hydrogen-bond acceptors (Lipinski definition) is 3. The molecular formula is C23H29FN2O3S. The average Bonchev–Trinajstić information content (AvgIpc) is 2.75. The Hall–Kier alpha value is -2.25. The van der Waals surface area contributed by atoms with Gasteiger partial charge in [-0.1, -0.05) is 44.2 Å². The molecule has 0 radical (unpaired) electrons. The predicted molar refractivity (Wildman–Crippen MR) is 115 cm³/mol. The van der Waals surface area contributed by atoms with Gasteiger partial charge in [-0.05, 0) is 48.9 Å². The summed E-state index contributed by atoms with van der Waals surface area (Å²) in [4.78, 5) is 14.5. The number of rotatable bonds is 7. The molecule has 0 unspecified atom stereocenters. The van der Waals surface area contributed by atoms with Crippen molar-refractivity contribution >= 4 is 15.9 Å². The van der Waals surface area contributed by atoms with E-state index in [1.54, 1.807) is 18.7 Å². The van der Waals surface area contributed by atoms with Crippen LogP contribution in [0.4, 0.5) is 4.39 Å². The standard InChI is InChI=1S/C23H29FN2O3S/c1-3-26(4-2)30(28,29)20-10-11-22(24)21(17-20)23(27)25-14-12-19(13-15-25)16-18-8-6-5-7-9-18/h5-11,17,19H,3-4,12-16H2,1-2H3. The van der Waals surface area contributed by atoms with Crippen molar-refractivity contribution in [3.63, 3.8) is 0 Å². The third-order valence-electron chi connectivity index (χ3n) is 5.78. The van der Waals surface area contributed by atoms with E-state index in [1.807, 2.05) is 18.2 Å². The first kappa shape index (κ1) is 22.4. The van der Waals surface area contributed by atoms with Crippen molar-refractivity contribution in [1.82, 2.24) is 9.21 Å². The minimum atomic E-state index is -3.75. The van der Waals surface area contributed by atoms with Crippen molar-refractivity contribution in [3.8, 4) is 0 Å². The molecule has 0 atom stereocenters. The fraction of sp³-hybridized carbons (Fsp3) is 0.435. The van der Waals surface area contributed by atoms with Gasteiger partial charge in [0, 0.05) is 26.2 Å². The summed E-state index contributed by atoms with van der Waals surface area (Å²) in [6, 6.07) is 13.7. The van der Waals surface area contributed by atoms with Gasteiger partial charge in [0.05, 0.1) is 10.5 Å². The smallest absolute Gasteiger partial charge is 0.256 e. The third kappa shape index (κ3) is 4.90. The van der Waals surface area contributed by atoms with Crippen LogP contribution in [-0.4, -0.2) is 49.7 Å². The summed E-state index contributed by atoms with van der Waals surface area (Å²) in [7, 11) is -3.75. The minimum absolute atomic E-state index is 0.0464. The van der Waals surface area contributed by atoms with Crippen LogP contribution in [0.2, 0.25) is 0 Å². The van der Waals surface area contributed by atoms with Crippen LogP contribution in [0.25, 0.3) is 0 Å². The van der Waals surface area contributed by atoms with Crippen LogP contribution in [0.5, 0.6) is 0 Å². The second-order valence-corrected chi connectivity index (χ2v) is 9.59. The third-order valence-corrected chi connectivity index (χ3v) is 7.83. The average molecular weight is 433 g/mol. The van der Waals surface area contributed by atoms with Gasteiger partial charge < -0.3 is 4.90 Å². The SMILES string of the molecule is CCN(CC)S(=O)(=O)c1ccc(F)c(C(=O)N2CCC(Cc3ccccc3)CC2)c1. The number of sulfonamides is 1. The molecule has 0 aromatic heterocycles. The number of carbonyl (C=O) groups excluding carboxylic acids is 1. The van der Waals surface area contributed by atoms with Gasteiger partial charge >= 0.3 is 0 Å². The number of hydrogen-bond donors (Lipinski definition) is 0. The number of halogens is 1. The van der Waals surface area contributed by atoms with Crippen LogP contribution in [0.15, 0.2) is 53.4 Å². The molecule has 1 aliphatic heterocycles. The Labute approximate surface area is 178 Å². The summed E-state index contributed by atoms with van der Waals surface area (Å²) in [5, 5.41) is 0. The molecule has 0 saturated carbocycles. The molecular weight excluding hydrogens is 403 g/mol. The number of nitrogens with zero attached hydrogens (tertiary/aromatic N) is 2. The van der Waals surface area contributed by atoms with Gasteiger partial charge in [0.1, 0.15) is 5.82 Å². The molecule has 1 aliphatic rings. The van der Waals surface area contributed by atoms with Gasteiger partial charge in [-0.15, -0.1) is 0 Å². The van der Waals surface area contributed by atoms with Crippen molar-refractivity contribution in [3.05, 3.63) is 65.5 Å². The van der Waals surface area contributed by atoms with Crippen LogP contribution < -0.4 is 0 Å². The molecule has 3 rings (SSSR count). The molecule has 5 nitrogen and oxygen atoms in total. The quantitative estimate of drug-likeness (QED) is 0.666. The Morgan fingerprint density at radius 1 is 1.07 bits per heavy atom. The molecule has 1 heterocycles. The Balaban J connectivity index is 1.71. The van der Waals surface area contributed by atoms with E-state index in [-0.39, 0.29) is 10.5 Å². The molecule has 0 N–H and O–H groups in total. The van der Waals surface area contributed by atoms with Crippen molar-refractivity contribution in [2.75, 3.05) is 26.2 Å². The van der Waals surface area contributed by atoms with Crippen LogP contribution >= 0.6 is 0 Å². The second-order valence-electron chi connectivity index (χ2n) is 7.66. The van der Waals surface area contributed by atoms with Gasteiger partial charge in [0.2, 0.25) is 10.0 Å². The number of carbonyl (C=O) groups is 1. The normalized spacial score (nSPS) is 15.5. The fourth-order valence-electron chi connectivity index (χ4n) is 4.00. The van der Waals surface area contributed by atoms with Crippen LogP contribution in [0.3, 0.4) is 0 Å². The molecule has 162 valence electrons. The van der Waals surface area contributed by atoms with Crippen LogP contribution in [-0.2, 0) is 16.4 Å². The summed E-state index contributed by atoms with van der Waals surface area (Å²) in [5.74, 6) is -0.650. The van der Waals surface area contributed by atoms with Crippen LogP contribution in [0.1, 0.15) is 42.6 Å². The van der Waals surface area contributed by atoms with E-state index < -0.39 is 21.7 Å². The van der Waals surface area contributed by atoms with Gasteiger partial charge in [0.25, 0.3) is 5.91 Å². The largest absolute Gasteiger partial charge is 0.339 e. The number of likely N-dealkylation sites (tertiary alicyclic amines) is 1. The first-order valence-corrected chi connectivity index (χ1v) is 11.9. The molecule has 2 aromatic carbocycles. The molecule has 30 heavy (non-hydrogen) atoms. The maximum Gasteiger partial charge on any atom is 0.256 e. The highest BCUT2D eigenvalue weighted by Crippen LogP contribution is 2.25. The van der Waals surface area contributed by atoms with E-state index in [9.17, 15) is 17.6 Å². The van der Waals surface area contributed by atoms with E-state index in [4.69, 9.17) is 0 Å². The van der Waals surface area contributed by atoms with Crippen molar-refractivity contribution in [1.29, 1.82) is 0 Å². The predicted octanol–water partition coefficient (Wildman–Crippen LogP) is 3.95. The highest BCUT2D eigenvalue weighted by Gasteiger charge is 2.28. The summed E-state index contributed by atoms with van der Waals surface area (Å²) in [6.45, 7) is 5.21.